The molecule has 0 aliphatic rings. The fourth-order valence-electron chi connectivity index (χ4n) is 2.74. The van der Waals surface area contributed by atoms with Crippen LogP contribution in [0.1, 0.15) is 45.1 Å². The summed E-state index contributed by atoms with van der Waals surface area (Å²) in [6.45, 7) is 4.25. The summed E-state index contributed by atoms with van der Waals surface area (Å²) in [4.78, 5) is 35.3. The van der Waals surface area contributed by atoms with Gasteiger partial charge >= 0.3 is 5.97 Å². The van der Waals surface area contributed by atoms with Gasteiger partial charge in [-0.1, -0.05) is 44.2 Å². The highest BCUT2D eigenvalue weighted by molar-refractivity contribution is 7.82. The Hall–Kier alpha value is -2.06. The third-order valence-corrected chi connectivity index (χ3v) is 4.73. The van der Waals surface area contributed by atoms with Crippen LogP contribution in [-0.2, 0) is 20.8 Å². The largest absolute Gasteiger partial charge is 0.480 e. The second-order valence-electron chi connectivity index (χ2n) is 7.31. The average Bonchev–Trinajstić information content (AvgIpc) is 2.61. The number of nitrogens with one attached hydrogen (secondary N) is 2. The fourth-order valence-corrected chi connectivity index (χ4v) is 3.09. The summed E-state index contributed by atoms with van der Waals surface area (Å²) >= 11 is 4.44. The van der Waals surface area contributed by atoms with Crippen molar-refractivity contribution in [2.75, 3.05) is 6.54 Å². The van der Waals surface area contributed by atoms with E-state index < -0.39 is 22.8 Å². The van der Waals surface area contributed by atoms with Crippen molar-refractivity contribution in [1.82, 2.24) is 10.6 Å². The second-order valence-corrected chi connectivity index (χ2v) is 8.07. The number of carbonyl (C=O) groups excluding carboxylic acids is 2. The standard InChI is InChI=1S/C20H31N3O4S/c1-14(2)12-17(24)23-20(28,10-6-7-11-21)19(27)22-16(18(25)26)13-15-8-4-3-5-9-15/h3-5,8-9,14,16,28H,6-7,10-13,21H2,1-2H3,(H,22,27)(H,23,24)(H,25,26)/t16-,20+/m0/s1. The van der Waals surface area contributed by atoms with Crippen LogP contribution < -0.4 is 16.4 Å². The van der Waals surface area contributed by atoms with Crippen molar-refractivity contribution in [3.8, 4) is 0 Å². The van der Waals surface area contributed by atoms with Gasteiger partial charge in [-0.05, 0) is 37.3 Å². The van der Waals surface area contributed by atoms with Crippen molar-refractivity contribution in [1.29, 1.82) is 0 Å². The molecule has 0 fully saturated rings. The van der Waals surface area contributed by atoms with Gasteiger partial charge in [-0.3, -0.25) is 9.59 Å². The van der Waals surface area contributed by atoms with E-state index in [1.54, 1.807) is 24.3 Å². The zero-order chi connectivity index (χ0) is 21.2. The lowest BCUT2D eigenvalue weighted by molar-refractivity contribution is -0.142. The molecule has 1 aromatic carbocycles. The Morgan fingerprint density at radius 2 is 1.82 bits per heavy atom. The molecule has 0 saturated heterocycles. The van der Waals surface area contributed by atoms with E-state index in [-0.39, 0.29) is 31.1 Å². The topological polar surface area (TPSA) is 122 Å². The van der Waals surface area contributed by atoms with Crippen LogP contribution in [0.3, 0.4) is 0 Å². The molecule has 2 amide bonds. The van der Waals surface area contributed by atoms with Crippen LogP contribution in [-0.4, -0.2) is 40.3 Å². The first-order valence-corrected chi connectivity index (χ1v) is 9.93. The van der Waals surface area contributed by atoms with Gasteiger partial charge in [-0.15, -0.1) is 12.6 Å². The predicted molar refractivity (Wildman–Crippen MR) is 112 cm³/mol. The number of rotatable bonds is 12. The van der Waals surface area contributed by atoms with Crippen molar-refractivity contribution in [3.63, 3.8) is 0 Å². The first kappa shape index (κ1) is 24.0. The molecule has 0 aliphatic heterocycles. The Kier molecular flexibility index (Phi) is 10.0. The zero-order valence-corrected chi connectivity index (χ0v) is 17.4. The maximum Gasteiger partial charge on any atom is 0.326 e. The highest BCUT2D eigenvalue weighted by Gasteiger charge is 2.37. The molecular weight excluding hydrogens is 378 g/mol. The molecule has 7 nitrogen and oxygen atoms in total. The SMILES string of the molecule is CC(C)CC(=O)N[C@@](S)(CCCCN)C(=O)N[C@@H](Cc1ccccc1)C(=O)O. The third kappa shape index (κ3) is 8.31. The van der Waals surface area contributed by atoms with Crippen LogP contribution in [0.2, 0.25) is 0 Å². The van der Waals surface area contributed by atoms with E-state index in [4.69, 9.17) is 5.73 Å². The van der Waals surface area contributed by atoms with Crippen LogP contribution in [0.25, 0.3) is 0 Å². The van der Waals surface area contributed by atoms with E-state index in [1.165, 1.54) is 0 Å². The van der Waals surface area contributed by atoms with Gasteiger partial charge < -0.3 is 21.5 Å². The Morgan fingerprint density at radius 3 is 2.36 bits per heavy atom. The summed E-state index contributed by atoms with van der Waals surface area (Å²) in [5.74, 6) is -1.96. The number of aliphatic carboxylic acids is 1. The zero-order valence-electron chi connectivity index (χ0n) is 16.5. The average molecular weight is 410 g/mol. The first-order valence-electron chi connectivity index (χ1n) is 9.49. The Bertz CT molecular complexity index is 654. The molecule has 28 heavy (non-hydrogen) atoms. The van der Waals surface area contributed by atoms with Crippen molar-refractivity contribution < 1.29 is 19.5 Å². The summed E-state index contributed by atoms with van der Waals surface area (Å²) in [7, 11) is 0. The molecule has 0 saturated carbocycles. The van der Waals surface area contributed by atoms with E-state index in [0.717, 1.165) is 5.56 Å². The van der Waals surface area contributed by atoms with Crippen molar-refractivity contribution in [2.24, 2.45) is 11.7 Å². The van der Waals surface area contributed by atoms with Gasteiger partial charge in [0.15, 0.2) is 4.87 Å². The van der Waals surface area contributed by atoms with E-state index >= 15 is 0 Å². The molecule has 0 heterocycles. The normalized spacial score (nSPS) is 14.2. The fraction of sp³-hybridized carbons (Fsp3) is 0.550. The van der Waals surface area contributed by atoms with Gasteiger partial charge in [0, 0.05) is 12.8 Å². The number of thiol groups is 1. The van der Waals surface area contributed by atoms with Gasteiger partial charge in [0.2, 0.25) is 5.91 Å². The molecule has 8 heteroatoms. The summed E-state index contributed by atoms with van der Waals surface area (Å²) in [5.41, 5.74) is 6.30. The molecule has 0 spiro atoms. The predicted octanol–water partition coefficient (Wildman–Crippen LogP) is 1.72. The molecular formula is C20H31N3O4S. The van der Waals surface area contributed by atoms with E-state index in [2.05, 4.69) is 23.3 Å². The highest BCUT2D eigenvalue weighted by Crippen LogP contribution is 2.21. The van der Waals surface area contributed by atoms with Crippen LogP contribution >= 0.6 is 12.6 Å². The number of amides is 2. The number of nitrogens with two attached hydrogens (primary N) is 1. The number of carbonyl (C=O) groups is 3. The minimum atomic E-state index is -1.49. The first-order chi connectivity index (χ1) is 13.2. The Morgan fingerprint density at radius 1 is 1.18 bits per heavy atom. The van der Waals surface area contributed by atoms with E-state index in [0.29, 0.717) is 19.4 Å². The summed E-state index contributed by atoms with van der Waals surface area (Å²) in [6.07, 6.45) is 1.88. The van der Waals surface area contributed by atoms with Gasteiger partial charge in [0.1, 0.15) is 6.04 Å². The smallest absolute Gasteiger partial charge is 0.326 e. The molecule has 0 radical (unpaired) electrons. The van der Waals surface area contributed by atoms with Crippen molar-refractivity contribution in [2.45, 2.75) is 56.9 Å². The number of hydrogen-bond acceptors (Lipinski definition) is 5. The second kappa shape index (κ2) is 11.7. The molecule has 0 aliphatic carbocycles. The maximum atomic E-state index is 12.9. The highest BCUT2D eigenvalue weighted by atomic mass is 32.1. The summed E-state index contributed by atoms with van der Waals surface area (Å²) < 4.78 is 0. The number of unbranched alkanes of at least 4 members (excludes halogenated alkanes) is 1. The molecule has 2 atom stereocenters. The maximum absolute atomic E-state index is 12.9. The molecule has 0 unspecified atom stereocenters. The molecule has 1 aromatic rings. The monoisotopic (exact) mass is 409 g/mol. The van der Waals surface area contributed by atoms with Crippen molar-refractivity contribution >= 4 is 30.4 Å². The quantitative estimate of drug-likeness (QED) is 0.204. The minimum absolute atomic E-state index is 0.120. The molecule has 156 valence electrons. The molecule has 1 rings (SSSR count). The van der Waals surface area contributed by atoms with Crippen LogP contribution in [0.5, 0.6) is 0 Å². The molecule has 0 bridgehead atoms. The van der Waals surface area contributed by atoms with Crippen LogP contribution in [0.4, 0.5) is 0 Å². The van der Waals surface area contributed by atoms with Gasteiger partial charge in [-0.25, -0.2) is 4.79 Å². The lowest BCUT2D eigenvalue weighted by Crippen LogP contribution is -2.58. The number of hydrogen-bond donors (Lipinski definition) is 5. The summed E-state index contributed by atoms with van der Waals surface area (Å²) in [5, 5.41) is 14.7. The van der Waals surface area contributed by atoms with E-state index in [1.807, 2.05) is 19.9 Å². The number of carboxylic acids is 1. The number of carboxylic acid groups (broad SMARTS) is 1. The number of benzene rings is 1. The van der Waals surface area contributed by atoms with Gasteiger partial charge in [0.25, 0.3) is 5.91 Å². The minimum Gasteiger partial charge on any atom is -0.480 e. The third-order valence-electron chi connectivity index (χ3n) is 4.19. The Balaban J connectivity index is 2.91. The summed E-state index contributed by atoms with van der Waals surface area (Å²) in [6, 6.07) is 7.90. The van der Waals surface area contributed by atoms with Crippen molar-refractivity contribution in [3.05, 3.63) is 35.9 Å². The molecule has 5 N–H and O–H groups in total. The van der Waals surface area contributed by atoms with Crippen LogP contribution in [0.15, 0.2) is 30.3 Å². The lowest BCUT2D eigenvalue weighted by Gasteiger charge is -2.30. The van der Waals surface area contributed by atoms with Crippen LogP contribution in [0, 0.1) is 5.92 Å². The lowest BCUT2D eigenvalue weighted by atomic mass is 10.0. The van der Waals surface area contributed by atoms with E-state index in [9.17, 15) is 19.5 Å². The van der Waals surface area contributed by atoms with Gasteiger partial charge in [-0.2, -0.15) is 0 Å². The molecule has 0 aromatic heterocycles. The van der Waals surface area contributed by atoms with Gasteiger partial charge in [0.05, 0.1) is 0 Å². The Labute approximate surface area is 171 Å².